The summed E-state index contributed by atoms with van der Waals surface area (Å²) >= 11 is 0. The quantitative estimate of drug-likeness (QED) is 0.883. The molecular weight excluding hydrogens is 240 g/mol. The van der Waals surface area contributed by atoms with Crippen LogP contribution >= 0.6 is 0 Å². The standard InChI is InChI=1S/C14H20N4O/c1-4-10(2)13(15-3)9-18-14(19)11-7-5-6-8-12(11)16-17-18/h5-8,10,13,15H,4,9H2,1-3H3. The number of benzene rings is 1. The average molecular weight is 260 g/mol. The molecular formula is C14H20N4O. The maximum atomic E-state index is 12.3. The van der Waals surface area contributed by atoms with Crippen LogP contribution in [0.5, 0.6) is 0 Å². The van der Waals surface area contributed by atoms with Gasteiger partial charge >= 0.3 is 0 Å². The molecule has 2 atom stereocenters. The zero-order valence-corrected chi connectivity index (χ0v) is 11.6. The number of rotatable bonds is 5. The van der Waals surface area contributed by atoms with Gasteiger partial charge < -0.3 is 5.32 Å². The summed E-state index contributed by atoms with van der Waals surface area (Å²) in [5.74, 6) is 0.477. The summed E-state index contributed by atoms with van der Waals surface area (Å²) in [5.41, 5.74) is 0.572. The summed E-state index contributed by atoms with van der Waals surface area (Å²) < 4.78 is 1.45. The number of hydrogen-bond acceptors (Lipinski definition) is 4. The molecule has 2 unspecified atom stereocenters. The summed E-state index contributed by atoms with van der Waals surface area (Å²) in [4.78, 5) is 12.3. The lowest BCUT2D eigenvalue weighted by atomic mass is 9.99. The number of likely N-dealkylation sites (N-methyl/N-ethyl adjacent to an activating group) is 1. The fourth-order valence-electron chi connectivity index (χ4n) is 2.17. The molecule has 0 fully saturated rings. The van der Waals surface area contributed by atoms with Gasteiger partial charge in [-0.3, -0.25) is 4.79 Å². The molecule has 0 radical (unpaired) electrons. The van der Waals surface area contributed by atoms with Crippen molar-refractivity contribution >= 4 is 10.9 Å². The van der Waals surface area contributed by atoms with E-state index in [-0.39, 0.29) is 11.6 Å². The van der Waals surface area contributed by atoms with Crippen LogP contribution < -0.4 is 10.9 Å². The Bertz CT molecular complexity index is 608. The van der Waals surface area contributed by atoms with Gasteiger partial charge in [0.1, 0.15) is 5.52 Å². The van der Waals surface area contributed by atoms with E-state index in [9.17, 15) is 4.79 Å². The van der Waals surface area contributed by atoms with Crippen LogP contribution in [0.4, 0.5) is 0 Å². The van der Waals surface area contributed by atoms with E-state index in [0.717, 1.165) is 6.42 Å². The second-order valence-corrected chi connectivity index (χ2v) is 4.87. The Balaban J connectivity index is 2.35. The molecule has 0 amide bonds. The smallest absolute Gasteiger partial charge is 0.277 e. The van der Waals surface area contributed by atoms with Crippen molar-refractivity contribution in [3.63, 3.8) is 0 Å². The highest BCUT2D eigenvalue weighted by Crippen LogP contribution is 2.09. The second kappa shape index (κ2) is 5.93. The normalized spacial score (nSPS) is 14.5. The molecule has 5 heteroatoms. The van der Waals surface area contributed by atoms with Crippen LogP contribution in [0.1, 0.15) is 20.3 Å². The molecule has 102 valence electrons. The minimum atomic E-state index is -0.0749. The van der Waals surface area contributed by atoms with Crippen molar-refractivity contribution in [3.8, 4) is 0 Å². The van der Waals surface area contributed by atoms with Gasteiger partial charge in [-0.2, -0.15) is 0 Å². The number of fused-ring (bicyclic) bond motifs is 1. The van der Waals surface area contributed by atoms with Gasteiger partial charge in [-0.25, -0.2) is 4.68 Å². The van der Waals surface area contributed by atoms with Crippen molar-refractivity contribution in [3.05, 3.63) is 34.6 Å². The van der Waals surface area contributed by atoms with E-state index in [1.165, 1.54) is 4.68 Å². The lowest BCUT2D eigenvalue weighted by Gasteiger charge is -2.22. The van der Waals surface area contributed by atoms with Crippen molar-refractivity contribution in [1.29, 1.82) is 0 Å². The first kappa shape index (κ1) is 13.7. The number of nitrogens with zero attached hydrogens (tertiary/aromatic N) is 3. The van der Waals surface area contributed by atoms with E-state index < -0.39 is 0 Å². The van der Waals surface area contributed by atoms with Crippen molar-refractivity contribution in [1.82, 2.24) is 20.3 Å². The first-order valence-electron chi connectivity index (χ1n) is 6.67. The number of nitrogens with one attached hydrogen (secondary N) is 1. The molecule has 5 nitrogen and oxygen atoms in total. The molecule has 0 aliphatic rings. The van der Waals surface area contributed by atoms with E-state index in [1.54, 1.807) is 12.1 Å². The first-order valence-corrected chi connectivity index (χ1v) is 6.67. The SMILES string of the molecule is CCC(C)C(Cn1nnc2ccccc2c1=O)NC. The molecule has 0 aliphatic carbocycles. The molecule has 1 N–H and O–H groups in total. The van der Waals surface area contributed by atoms with Crippen LogP contribution in [-0.4, -0.2) is 28.1 Å². The fraction of sp³-hybridized carbons (Fsp3) is 0.500. The second-order valence-electron chi connectivity index (χ2n) is 4.87. The summed E-state index contributed by atoms with van der Waals surface area (Å²) in [5, 5.41) is 12.0. The number of aromatic nitrogens is 3. The van der Waals surface area contributed by atoms with Crippen LogP contribution in [0, 0.1) is 5.92 Å². The zero-order chi connectivity index (χ0) is 13.8. The maximum Gasteiger partial charge on any atom is 0.277 e. The van der Waals surface area contributed by atoms with Gasteiger partial charge in [0.25, 0.3) is 5.56 Å². The van der Waals surface area contributed by atoms with Crippen LogP contribution in [0.25, 0.3) is 10.9 Å². The Hall–Kier alpha value is -1.75. The van der Waals surface area contributed by atoms with Gasteiger partial charge in [-0.05, 0) is 25.1 Å². The van der Waals surface area contributed by atoms with Gasteiger partial charge in [0.05, 0.1) is 11.9 Å². The molecule has 0 saturated heterocycles. The Morgan fingerprint density at radius 2 is 2.11 bits per heavy atom. The molecule has 19 heavy (non-hydrogen) atoms. The molecule has 1 aromatic heterocycles. The third-order valence-corrected chi connectivity index (χ3v) is 3.70. The van der Waals surface area contributed by atoms with E-state index in [1.807, 2.05) is 19.2 Å². The minimum absolute atomic E-state index is 0.0749. The summed E-state index contributed by atoms with van der Waals surface area (Å²) in [6.07, 6.45) is 1.06. The van der Waals surface area contributed by atoms with Crippen molar-refractivity contribution in [2.45, 2.75) is 32.9 Å². The van der Waals surface area contributed by atoms with E-state index >= 15 is 0 Å². The monoisotopic (exact) mass is 260 g/mol. The van der Waals surface area contributed by atoms with E-state index in [4.69, 9.17) is 0 Å². The van der Waals surface area contributed by atoms with E-state index in [2.05, 4.69) is 29.5 Å². The highest BCUT2D eigenvalue weighted by Gasteiger charge is 2.16. The third kappa shape index (κ3) is 2.81. The van der Waals surface area contributed by atoms with Crippen molar-refractivity contribution in [2.75, 3.05) is 7.05 Å². The Labute approximate surface area is 112 Å². The molecule has 2 rings (SSSR count). The van der Waals surface area contributed by atoms with Gasteiger partial charge in [0.2, 0.25) is 0 Å². The first-order chi connectivity index (χ1) is 9.17. The highest BCUT2D eigenvalue weighted by molar-refractivity contribution is 5.76. The van der Waals surface area contributed by atoms with Crippen LogP contribution in [-0.2, 0) is 6.54 Å². The largest absolute Gasteiger partial charge is 0.315 e. The van der Waals surface area contributed by atoms with Gasteiger partial charge in [-0.15, -0.1) is 5.10 Å². The van der Waals surface area contributed by atoms with E-state index in [0.29, 0.717) is 23.4 Å². The van der Waals surface area contributed by atoms with Crippen LogP contribution in [0.15, 0.2) is 29.1 Å². The third-order valence-electron chi connectivity index (χ3n) is 3.70. The Morgan fingerprint density at radius 3 is 2.79 bits per heavy atom. The summed E-state index contributed by atoms with van der Waals surface area (Å²) in [7, 11) is 1.91. The lowest BCUT2D eigenvalue weighted by Crippen LogP contribution is -2.40. The molecule has 2 aromatic rings. The van der Waals surface area contributed by atoms with Gasteiger partial charge in [0, 0.05) is 6.04 Å². The van der Waals surface area contributed by atoms with Crippen LogP contribution in [0.3, 0.4) is 0 Å². The predicted octanol–water partition coefficient (Wildman–Crippen LogP) is 1.43. The molecule has 1 aromatic carbocycles. The average Bonchev–Trinajstić information content (AvgIpc) is 2.46. The Kier molecular flexibility index (Phi) is 4.27. The summed E-state index contributed by atoms with van der Waals surface area (Å²) in [6.45, 7) is 4.85. The molecule has 0 saturated carbocycles. The van der Waals surface area contributed by atoms with Gasteiger partial charge in [0.15, 0.2) is 0 Å². The predicted molar refractivity (Wildman–Crippen MR) is 76.1 cm³/mol. The zero-order valence-electron chi connectivity index (χ0n) is 11.6. The highest BCUT2D eigenvalue weighted by atomic mass is 16.1. The maximum absolute atomic E-state index is 12.3. The molecule has 0 spiro atoms. The van der Waals surface area contributed by atoms with Gasteiger partial charge in [-0.1, -0.05) is 37.6 Å². The molecule has 0 bridgehead atoms. The number of hydrogen-bond donors (Lipinski definition) is 1. The Morgan fingerprint density at radius 1 is 1.37 bits per heavy atom. The lowest BCUT2D eigenvalue weighted by molar-refractivity contribution is 0.326. The minimum Gasteiger partial charge on any atom is -0.315 e. The van der Waals surface area contributed by atoms with Crippen molar-refractivity contribution < 1.29 is 0 Å². The van der Waals surface area contributed by atoms with Crippen LogP contribution in [0.2, 0.25) is 0 Å². The summed E-state index contributed by atoms with van der Waals surface area (Å²) in [6, 6.07) is 7.52. The fourth-order valence-corrected chi connectivity index (χ4v) is 2.17. The molecule has 0 aliphatic heterocycles. The molecule has 1 heterocycles. The van der Waals surface area contributed by atoms with Crippen molar-refractivity contribution in [2.24, 2.45) is 5.92 Å². The topological polar surface area (TPSA) is 59.8 Å².